The molecule has 4 nitrogen and oxygen atoms in total. The van der Waals surface area contributed by atoms with Crippen LogP contribution >= 0.6 is 11.9 Å². The third-order valence-corrected chi connectivity index (χ3v) is 6.05. The van der Waals surface area contributed by atoms with Crippen LogP contribution in [0.1, 0.15) is 58.4 Å². The molecule has 0 heterocycles. The lowest BCUT2D eigenvalue weighted by Gasteiger charge is -2.25. The normalized spacial score (nSPS) is 15.2. The first-order chi connectivity index (χ1) is 14.5. The van der Waals surface area contributed by atoms with Crippen molar-refractivity contribution in [2.24, 2.45) is 0 Å². The Balaban J connectivity index is 1.61. The molecule has 164 valence electrons. The van der Waals surface area contributed by atoms with Crippen LogP contribution in [0.25, 0.3) is 0 Å². The quantitative estimate of drug-likeness (QED) is 0.300. The maximum absolute atomic E-state index is 5.78. The fourth-order valence-corrected chi connectivity index (χ4v) is 4.32. The Morgan fingerprint density at radius 2 is 1.73 bits per heavy atom. The standard InChI is InChI=1S/C25H37N3OS/c1-25(2,3)29-17-16-27-30-22-14-15-23(28-21-12-8-5-9-13-21)24(18-22)26-19-20-10-6-4-7-11-20/h4,6-7,10-11,14-15,18,21,26-28H,5,8-9,12-13,16-17,19H2,1-3H3. The Hall–Kier alpha value is -1.69. The molecule has 1 fully saturated rings. The van der Waals surface area contributed by atoms with Gasteiger partial charge in [0.05, 0.1) is 23.6 Å². The maximum Gasteiger partial charge on any atom is 0.0607 e. The van der Waals surface area contributed by atoms with Crippen molar-refractivity contribution in [3.05, 3.63) is 54.1 Å². The molecule has 0 spiro atoms. The van der Waals surface area contributed by atoms with E-state index in [4.69, 9.17) is 4.74 Å². The van der Waals surface area contributed by atoms with Gasteiger partial charge in [-0.05, 0) is 69.3 Å². The molecule has 0 bridgehead atoms. The molecule has 3 N–H and O–H groups in total. The Kier molecular flexibility index (Phi) is 8.91. The Morgan fingerprint density at radius 3 is 2.47 bits per heavy atom. The molecule has 2 aromatic carbocycles. The summed E-state index contributed by atoms with van der Waals surface area (Å²) in [5.74, 6) is 0. The lowest BCUT2D eigenvalue weighted by molar-refractivity contribution is 0.000998. The monoisotopic (exact) mass is 427 g/mol. The van der Waals surface area contributed by atoms with Crippen molar-refractivity contribution in [3.8, 4) is 0 Å². The van der Waals surface area contributed by atoms with Crippen molar-refractivity contribution in [2.45, 2.75) is 76.0 Å². The lowest BCUT2D eigenvalue weighted by Crippen LogP contribution is -2.24. The fourth-order valence-electron chi connectivity index (χ4n) is 3.65. The minimum Gasteiger partial charge on any atom is -0.381 e. The zero-order valence-corrected chi connectivity index (χ0v) is 19.5. The van der Waals surface area contributed by atoms with Crippen LogP contribution in [0.2, 0.25) is 0 Å². The molecule has 0 radical (unpaired) electrons. The van der Waals surface area contributed by atoms with Gasteiger partial charge < -0.3 is 15.4 Å². The second-order valence-corrected chi connectivity index (χ2v) is 9.95. The summed E-state index contributed by atoms with van der Waals surface area (Å²) in [5.41, 5.74) is 3.57. The molecule has 1 aliphatic rings. The molecule has 0 aromatic heterocycles. The molecule has 0 saturated heterocycles. The van der Waals surface area contributed by atoms with E-state index in [2.05, 4.69) is 84.7 Å². The summed E-state index contributed by atoms with van der Waals surface area (Å²) in [6.45, 7) is 8.60. The number of hydrogen-bond acceptors (Lipinski definition) is 5. The molecule has 30 heavy (non-hydrogen) atoms. The third kappa shape index (κ3) is 8.21. The van der Waals surface area contributed by atoms with E-state index in [0.717, 1.165) is 13.1 Å². The van der Waals surface area contributed by atoms with Crippen molar-refractivity contribution in [2.75, 3.05) is 23.8 Å². The van der Waals surface area contributed by atoms with Crippen molar-refractivity contribution < 1.29 is 4.74 Å². The first kappa shape index (κ1) is 23.0. The Bertz CT molecular complexity index is 755. The van der Waals surface area contributed by atoms with Crippen LogP contribution in [0.5, 0.6) is 0 Å². The lowest BCUT2D eigenvalue weighted by atomic mass is 9.95. The van der Waals surface area contributed by atoms with Gasteiger partial charge in [0.2, 0.25) is 0 Å². The highest BCUT2D eigenvalue weighted by Crippen LogP contribution is 2.31. The van der Waals surface area contributed by atoms with E-state index in [1.807, 2.05) is 0 Å². The highest BCUT2D eigenvalue weighted by Gasteiger charge is 2.15. The molecule has 0 unspecified atom stereocenters. The van der Waals surface area contributed by atoms with Crippen LogP contribution in [0.4, 0.5) is 11.4 Å². The summed E-state index contributed by atoms with van der Waals surface area (Å²) in [7, 11) is 0. The van der Waals surface area contributed by atoms with E-state index in [1.54, 1.807) is 11.9 Å². The Morgan fingerprint density at radius 1 is 0.967 bits per heavy atom. The molecule has 0 aliphatic heterocycles. The second kappa shape index (κ2) is 11.6. The van der Waals surface area contributed by atoms with Crippen molar-refractivity contribution in [1.29, 1.82) is 0 Å². The number of rotatable bonds is 10. The molecular weight excluding hydrogens is 390 g/mol. The smallest absolute Gasteiger partial charge is 0.0607 e. The molecule has 0 atom stereocenters. The van der Waals surface area contributed by atoms with E-state index in [0.29, 0.717) is 12.6 Å². The zero-order chi connectivity index (χ0) is 21.2. The van der Waals surface area contributed by atoms with Gasteiger partial charge in [-0.1, -0.05) is 49.6 Å². The molecule has 1 saturated carbocycles. The van der Waals surface area contributed by atoms with E-state index in [-0.39, 0.29) is 5.60 Å². The van der Waals surface area contributed by atoms with Crippen LogP contribution in [0.3, 0.4) is 0 Å². The molecule has 5 heteroatoms. The van der Waals surface area contributed by atoms with E-state index < -0.39 is 0 Å². The molecular formula is C25H37N3OS. The fraction of sp³-hybridized carbons (Fsp3) is 0.520. The van der Waals surface area contributed by atoms with Crippen LogP contribution in [-0.4, -0.2) is 24.8 Å². The predicted molar refractivity (Wildman–Crippen MR) is 130 cm³/mol. The maximum atomic E-state index is 5.78. The van der Waals surface area contributed by atoms with Crippen LogP contribution in [-0.2, 0) is 11.3 Å². The topological polar surface area (TPSA) is 45.3 Å². The highest BCUT2D eigenvalue weighted by molar-refractivity contribution is 7.97. The van der Waals surface area contributed by atoms with Crippen LogP contribution in [0, 0.1) is 0 Å². The summed E-state index contributed by atoms with van der Waals surface area (Å²) in [6, 6.07) is 17.8. The van der Waals surface area contributed by atoms with Crippen LogP contribution < -0.4 is 15.4 Å². The number of hydrogen-bond donors (Lipinski definition) is 3. The average molecular weight is 428 g/mol. The second-order valence-electron chi connectivity index (χ2n) is 8.98. The highest BCUT2D eigenvalue weighted by atomic mass is 32.2. The average Bonchev–Trinajstić information content (AvgIpc) is 2.74. The number of nitrogens with one attached hydrogen (secondary N) is 3. The van der Waals surface area contributed by atoms with Gasteiger partial charge in [0.1, 0.15) is 0 Å². The Labute approximate surface area is 186 Å². The summed E-state index contributed by atoms with van der Waals surface area (Å²) >= 11 is 1.66. The first-order valence-corrected chi connectivity index (χ1v) is 12.0. The molecule has 3 rings (SSSR count). The largest absolute Gasteiger partial charge is 0.381 e. The summed E-state index contributed by atoms with van der Waals surface area (Å²) in [5, 5.41) is 7.45. The van der Waals surface area contributed by atoms with Crippen LogP contribution in [0.15, 0.2) is 53.4 Å². The first-order valence-electron chi connectivity index (χ1n) is 11.2. The summed E-state index contributed by atoms with van der Waals surface area (Å²) in [4.78, 5) is 1.20. The molecule has 2 aromatic rings. The molecule has 1 aliphatic carbocycles. The van der Waals surface area contributed by atoms with E-state index >= 15 is 0 Å². The SMILES string of the molecule is CC(C)(C)OCCNSc1ccc(NC2CCCCC2)c(NCc2ccccc2)c1. The van der Waals surface area contributed by atoms with Crippen molar-refractivity contribution >= 4 is 23.3 Å². The van der Waals surface area contributed by atoms with Crippen molar-refractivity contribution in [3.63, 3.8) is 0 Å². The predicted octanol–water partition coefficient (Wildman–Crippen LogP) is 6.46. The van der Waals surface area contributed by atoms with Gasteiger partial charge in [-0.25, -0.2) is 0 Å². The zero-order valence-electron chi connectivity index (χ0n) is 18.7. The van der Waals surface area contributed by atoms with Gasteiger partial charge in [-0.15, -0.1) is 0 Å². The number of benzene rings is 2. The summed E-state index contributed by atoms with van der Waals surface area (Å²) < 4.78 is 9.20. The summed E-state index contributed by atoms with van der Waals surface area (Å²) in [6.07, 6.45) is 6.57. The van der Waals surface area contributed by atoms with Crippen molar-refractivity contribution in [1.82, 2.24) is 4.72 Å². The van der Waals surface area contributed by atoms with E-state index in [1.165, 1.54) is 53.9 Å². The third-order valence-electron chi connectivity index (χ3n) is 5.21. The van der Waals surface area contributed by atoms with Gasteiger partial charge in [0, 0.05) is 24.0 Å². The number of anilines is 2. The van der Waals surface area contributed by atoms with Gasteiger partial charge in [-0.3, -0.25) is 4.72 Å². The van der Waals surface area contributed by atoms with Gasteiger partial charge in [0.25, 0.3) is 0 Å². The number of ether oxygens (including phenoxy) is 1. The van der Waals surface area contributed by atoms with Gasteiger partial charge >= 0.3 is 0 Å². The minimum absolute atomic E-state index is 0.0900. The van der Waals surface area contributed by atoms with E-state index in [9.17, 15) is 0 Å². The minimum atomic E-state index is -0.0900. The van der Waals surface area contributed by atoms with Gasteiger partial charge in [0.15, 0.2) is 0 Å². The van der Waals surface area contributed by atoms with Gasteiger partial charge in [-0.2, -0.15) is 0 Å². The molecule has 0 amide bonds.